The van der Waals surface area contributed by atoms with Crippen molar-refractivity contribution in [3.05, 3.63) is 48.5 Å². The lowest BCUT2D eigenvalue weighted by atomic mass is 10.2. The van der Waals surface area contributed by atoms with Crippen LogP contribution in [-0.4, -0.2) is 18.4 Å². The lowest BCUT2D eigenvalue weighted by Gasteiger charge is -2.18. The Labute approximate surface area is 144 Å². The Morgan fingerprint density at radius 1 is 0.708 bits per heavy atom. The molecule has 0 fully saturated rings. The molecule has 24 heavy (non-hydrogen) atoms. The average Bonchev–Trinajstić information content (AvgIpc) is 2.63. The Hall–Kier alpha value is -2.20. The molecule has 0 atom stereocenters. The summed E-state index contributed by atoms with van der Waals surface area (Å²) in [7, 11) is 0. The Morgan fingerprint density at radius 3 is 1.42 bits per heavy atom. The molecular formula is C20H27NO3. The summed E-state index contributed by atoms with van der Waals surface area (Å²) >= 11 is 0. The van der Waals surface area contributed by atoms with Gasteiger partial charge in [-0.2, -0.15) is 0 Å². The summed E-state index contributed by atoms with van der Waals surface area (Å²) in [5, 5.41) is 11.5. The van der Waals surface area contributed by atoms with Gasteiger partial charge in [0.2, 0.25) is 0 Å². The van der Waals surface area contributed by atoms with Gasteiger partial charge in [0.05, 0.1) is 24.6 Å². The third-order valence-corrected chi connectivity index (χ3v) is 3.70. The van der Waals surface area contributed by atoms with E-state index in [1.807, 2.05) is 48.5 Å². The van der Waals surface area contributed by atoms with E-state index < -0.39 is 0 Å². The highest BCUT2D eigenvalue weighted by Crippen LogP contribution is 2.27. The number of hydrogen-bond acceptors (Lipinski definition) is 4. The van der Waals surface area contributed by atoms with Gasteiger partial charge in [0, 0.05) is 0 Å². The number of rotatable bonds is 10. The predicted octanol–water partition coefficient (Wildman–Crippen LogP) is 5.57. The summed E-state index contributed by atoms with van der Waals surface area (Å²) in [4.78, 5) is 0. The van der Waals surface area contributed by atoms with Crippen molar-refractivity contribution in [2.75, 3.05) is 18.3 Å². The second kappa shape index (κ2) is 9.83. The summed E-state index contributed by atoms with van der Waals surface area (Å²) in [5.74, 6) is 1.64. The van der Waals surface area contributed by atoms with E-state index in [1.54, 1.807) is 0 Å². The molecular weight excluding hydrogens is 302 g/mol. The van der Waals surface area contributed by atoms with Crippen LogP contribution in [0.15, 0.2) is 48.5 Å². The first kappa shape index (κ1) is 18.1. The second-order valence-corrected chi connectivity index (χ2v) is 5.70. The van der Waals surface area contributed by atoms with Gasteiger partial charge in [-0.1, -0.05) is 26.7 Å². The highest BCUT2D eigenvalue weighted by molar-refractivity contribution is 5.61. The minimum Gasteiger partial charge on any atom is -0.494 e. The fourth-order valence-electron chi connectivity index (χ4n) is 2.18. The van der Waals surface area contributed by atoms with Gasteiger partial charge >= 0.3 is 0 Å². The zero-order chi connectivity index (χ0) is 17.2. The molecule has 0 saturated heterocycles. The first-order valence-corrected chi connectivity index (χ1v) is 8.69. The van der Waals surface area contributed by atoms with Gasteiger partial charge < -0.3 is 9.47 Å². The van der Waals surface area contributed by atoms with E-state index in [0.29, 0.717) is 11.4 Å². The molecule has 0 radical (unpaired) electrons. The number of hydrogen-bond donors (Lipinski definition) is 1. The molecule has 2 aromatic carbocycles. The van der Waals surface area contributed by atoms with Crippen LogP contribution in [0.5, 0.6) is 11.5 Å². The van der Waals surface area contributed by atoms with Crippen molar-refractivity contribution >= 4 is 11.4 Å². The predicted molar refractivity (Wildman–Crippen MR) is 97.6 cm³/mol. The molecule has 0 aliphatic carbocycles. The largest absolute Gasteiger partial charge is 0.494 e. The molecule has 4 heteroatoms. The smallest absolute Gasteiger partial charge is 0.119 e. The molecule has 0 unspecified atom stereocenters. The monoisotopic (exact) mass is 329 g/mol. The van der Waals surface area contributed by atoms with Crippen LogP contribution in [-0.2, 0) is 0 Å². The van der Waals surface area contributed by atoms with E-state index in [2.05, 4.69) is 13.8 Å². The SMILES string of the molecule is CCCCOc1ccc(N(O)c2ccc(OCCCC)cc2)cc1. The Bertz CT molecular complexity index is 527. The van der Waals surface area contributed by atoms with Crippen LogP contribution in [0, 0.1) is 0 Å². The molecule has 0 aliphatic rings. The summed E-state index contributed by atoms with van der Waals surface area (Å²) in [6.45, 7) is 5.71. The molecule has 4 nitrogen and oxygen atoms in total. The first-order chi connectivity index (χ1) is 11.7. The molecule has 0 spiro atoms. The van der Waals surface area contributed by atoms with Gasteiger partial charge in [-0.05, 0) is 61.4 Å². The standard InChI is InChI=1S/C20H27NO3/c1-3-5-15-23-19-11-7-17(8-12-19)21(22)18-9-13-20(14-10-18)24-16-6-4-2/h7-14,22H,3-6,15-16H2,1-2H3. The minimum absolute atomic E-state index is 0.692. The van der Waals surface area contributed by atoms with Crippen LogP contribution < -0.4 is 14.5 Å². The number of benzene rings is 2. The van der Waals surface area contributed by atoms with Crippen LogP contribution in [0.3, 0.4) is 0 Å². The molecule has 1 N–H and O–H groups in total. The van der Waals surface area contributed by atoms with Crippen molar-refractivity contribution in [2.24, 2.45) is 0 Å². The Balaban J connectivity index is 1.93. The van der Waals surface area contributed by atoms with Gasteiger partial charge in [0.1, 0.15) is 11.5 Å². The van der Waals surface area contributed by atoms with Crippen LogP contribution >= 0.6 is 0 Å². The lowest BCUT2D eigenvalue weighted by Crippen LogP contribution is -2.10. The van der Waals surface area contributed by atoms with Crippen molar-refractivity contribution in [3.63, 3.8) is 0 Å². The maximum Gasteiger partial charge on any atom is 0.119 e. The zero-order valence-corrected chi connectivity index (χ0v) is 14.6. The average molecular weight is 329 g/mol. The molecule has 0 heterocycles. The van der Waals surface area contributed by atoms with Crippen molar-refractivity contribution in [3.8, 4) is 11.5 Å². The summed E-state index contributed by atoms with van der Waals surface area (Å²) in [6, 6.07) is 14.8. The van der Waals surface area contributed by atoms with Crippen LogP contribution in [0.25, 0.3) is 0 Å². The Kier molecular flexibility index (Phi) is 7.43. The van der Waals surface area contributed by atoms with E-state index >= 15 is 0 Å². The molecule has 0 aromatic heterocycles. The van der Waals surface area contributed by atoms with Gasteiger partial charge in [0.15, 0.2) is 0 Å². The van der Waals surface area contributed by atoms with E-state index in [9.17, 15) is 5.21 Å². The number of anilines is 2. The first-order valence-electron chi connectivity index (χ1n) is 8.69. The molecule has 2 rings (SSSR count). The number of ether oxygens (including phenoxy) is 2. The van der Waals surface area contributed by atoms with Crippen molar-refractivity contribution in [2.45, 2.75) is 39.5 Å². The maximum absolute atomic E-state index is 10.4. The third-order valence-electron chi connectivity index (χ3n) is 3.70. The zero-order valence-electron chi connectivity index (χ0n) is 14.6. The molecule has 0 bridgehead atoms. The molecule has 130 valence electrons. The van der Waals surface area contributed by atoms with Gasteiger partial charge in [0.25, 0.3) is 0 Å². The molecule has 0 amide bonds. The number of unbranched alkanes of at least 4 members (excludes halogenated alkanes) is 2. The fourth-order valence-corrected chi connectivity index (χ4v) is 2.18. The highest BCUT2D eigenvalue weighted by atomic mass is 16.5. The Morgan fingerprint density at radius 2 is 1.08 bits per heavy atom. The maximum atomic E-state index is 10.4. The van der Waals surface area contributed by atoms with Gasteiger partial charge in [-0.15, -0.1) is 0 Å². The summed E-state index contributed by atoms with van der Waals surface area (Å²) in [5.41, 5.74) is 1.38. The van der Waals surface area contributed by atoms with Crippen LogP contribution in [0.1, 0.15) is 39.5 Å². The van der Waals surface area contributed by atoms with E-state index in [1.165, 1.54) is 0 Å². The molecule has 0 aliphatic heterocycles. The van der Waals surface area contributed by atoms with Crippen molar-refractivity contribution < 1.29 is 14.7 Å². The second-order valence-electron chi connectivity index (χ2n) is 5.70. The van der Waals surface area contributed by atoms with Crippen LogP contribution in [0.2, 0.25) is 0 Å². The lowest BCUT2D eigenvalue weighted by molar-refractivity contribution is 0.298. The van der Waals surface area contributed by atoms with Gasteiger partial charge in [-0.3, -0.25) is 5.21 Å². The minimum atomic E-state index is 0.692. The summed E-state index contributed by atoms with van der Waals surface area (Å²) < 4.78 is 11.3. The van der Waals surface area contributed by atoms with Crippen LogP contribution in [0.4, 0.5) is 11.4 Å². The van der Waals surface area contributed by atoms with Crippen molar-refractivity contribution in [1.82, 2.24) is 0 Å². The quantitative estimate of drug-likeness (QED) is 0.457. The van der Waals surface area contributed by atoms with Gasteiger partial charge in [-0.25, -0.2) is 5.06 Å². The van der Waals surface area contributed by atoms with Crippen molar-refractivity contribution in [1.29, 1.82) is 0 Å². The normalized spacial score (nSPS) is 10.5. The van der Waals surface area contributed by atoms with E-state index in [-0.39, 0.29) is 0 Å². The molecule has 0 saturated carbocycles. The van der Waals surface area contributed by atoms with E-state index in [0.717, 1.165) is 55.5 Å². The highest BCUT2D eigenvalue weighted by Gasteiger charge is 2.07. The van der Waals surface area contributed by atoms with E-state index in [4.69, 9.17) is 9.47 Å². The fraction of sp³-hybridized carbons (Fsp3) is 0.400. The topological polar surface area (TPSA) is 41.9 Å². The molecule has 2 aromatic rings. The third kappa shape index (κ3) is 5.46. The number of nitrogens with zero attached hydrogens (tertiary/aromatic N) is 1. The summed E-state index contributed by atoms with van der Waals surface area (Å²) in [6.07, 6.45) is 4.31.